The van der Waals surface area contributed by atoms with Gasteiger partial charge in [-0.25, -0.2) is 4.98 Å². The average molecular weight is 413 g/mol. The quantitative estimate of drug-likeness (QED) is 0.440. The molecule has 2 aromatic rings. The molecule has 1 saturated heterocycles. The number of aromatic nitrogens is 1. The van der Waals surface area contributed by atoms with Crippen LogP contribution >= 0.6 is 0 Å². The van der Waals surface area contributed by atoms with Gasteiger partial charge in [-0.05, 0) is 30.8 Å². The van der Waals surface area contributed by atoms with Gasteiger partial charge in [-0.3, -0.25) is 4.79 Å². The van der Waals surface area contributed by atoms with E-state index in [4.69, 9.17) is 25.8 Å². The summed E-state index contributed by atoms with van der Waals surface area (Å²) < 4.78 is 11.0. The number of para-hydroxylation sites is 1. The fourth-order valence-electron chi connectivity index (χ4n) is 2.47. The zero-order valence-corrected chi connectivity index (χ0v) is 16.3. The van der Waals surface area contributed by atoms with Gasteiger partial charge in [-0.2, -0.15) is 0 Å². The van der Waals surface area contributed by atoms with Gasteiger partial charge < -0.3 is 31.1 Å². The van der Waals surface area contributed by atoms with Crippen LogP contribution in [0, 0.1) is 0 Å². The molecule has 5 N–H and O–H groups in total. The lowest BCUT2D eigenvalue weighted by Gasteiger charge is -2.26. The van der Waals surface area contributed by atoms with Gasteiger partial charge in [0.25, 0.3) is 5.95 Å². The highest BCUT2D eigenvalue weighted by atomic mass is 16.8. The van der Waals surface area contributed by atoms with Gasteiger partial charge in [0.15, 0.2) is 11.6 Å². The van der Waals surface area contributed by atoms with Crippen LogP contribution in [-0.2, 0) is 14.4 Å². The van der Waals surface area contributed by atoms with Crippen molar-refractivity contribution in [2.75, 3.05) is 43.9 Å². The van der Waals surface area contributed by atoms with Crippen molar-refractivity contribution in [3.05, 3.63) is 48.9 Å². The summed E-state index contributed by atoms with van der Waals surface area (Å²) in [4.78, 5) is 21.0. The van der Waals surface area contributed by atoms with Gasteiger partial charge in [0.2, 0.25) is 5.91 Å². The molecule has 0 bridgehead atoms. The van der Waals surface area contributed by atoms with E-state index in [9.17, 15) is 4.79 Å². The van der Waals surface area contributed by atoms with E-state index >= 15 is 0 Å². The van der Waals surface area contributed by atoms with Gasteiger partial charge in [-0.1, -0.05) is 12.1 Å². The number of anilines is 2. The number of rotatable bonds is 8. The molecule has 0 saturated carbocycles. The molecular weight excluding hydrogens is 390 g/mol. The summed E-state index contributed by atoms with van der Waals surface area (Å²) in [6, 6.07) is 10.2. The maximum atomic E-state index is 11.3. The highest BCUT2D eigenvalue weighted by Gasteiger charge is 2.14. The van der Waals surface area contributed by atoms with E-state index in [0.717, 1.165) is 0 Å². The van der Waals surface area contributed by atoms with Crippen LogP contribution in [0.5, 0.6) is 5.75 Å². The number of benzene rings is 1. The van der Waals surface area contributed by atoms with Crippen molar-refractivity contribution in [2.24, 2.45) is 16.0 Å². The molecule has 0 spiro atoms. The minimum atomic E-state index is -0.373. The number of hydroxylamine groups is 2. The molecule has 11 nitrogen and oxygen atoms in total. The fraction of sp³-hybridized carbons (Fsp3) is 0.263. The zero-order chi connectivity index (χ0) is 21.3. The highest BCUT2D eigenvalue weighted by molar-refractivity contribution is 5.91. The molecule has 2 heterocycles. The predicted molar refractivity (Wildman–Crippen MR) is 110 cm³/mol. The highest BCUT2D eigenvalue weighted by Crippen LogP contribution is 2.31. The summed E-state index contributed by atoms with van der Waals surface area (Å²) in [7, 11) is 0. The first-order valence-corrected chi connectivity index (χ1v) is 9.20. The molecule has 0 aliphatic carbocycles. The SMILES string of the molecule is C=C(Oc1ccccc1/N=N/c1ccc(NC(=O)CN)nc1N)ON1CCOCC1. The largest absolute Gasteiger partial charge is 0.423 e. The molecule has 1 aliphatic heterocycles. The predicted octanol–water partition coefficient (Wildman–Crippen LogP) is 2.09. The van der Waals surface area contributed by atoms with Crippen LogP contribution in [0.3, 0.4) is 0 Å². The third kappa shape index (κ3) is 5.98. The van der Waals surface area contributed by atoms with E-state index in [1.165, 1.54) is 0 Å². The third-order valence-electron chi connectivity index (χ3n) is 3.91. The minimum absolute atomic E-state index is 0.104. The summed E-state index contributed by atoms with van der Waals surface area (Å²) in [5.74, 6) is 0.537. The Balaban J connectivity index is 1.67. The molecule has 1 aromatic carbocycles. The van der Waals surface area contributed by atoms with E-state index < -0.39 is 0 Å². The molecule has 11 heteroatoms. The summed E-state index contributed by atoms with van der Waals surface area (Å²) in [6.07, 6.45) is 0. The van der Waals surface area contributed by atoms with Crippen molar-refractivity contribution in [1.29, 1.82) is 0 Å². The number of ether oxygens (including phenoxy) is 2. The van der Waals surface area contributed by atoms with E-state index in [1.54, 1.807) is 41.5 Å². The maximum Gasteiger partial charge on any atom is 0.297 e. The summed E-state index contributed by atoms with van der Waals surface area (Å²) in [6.45, 7) is 6.05. The van der Waals surface area contributed by atoms with Gasteiger partial charge >= 0.3 is 0 Å². The van der Waals surface area contributed by atoms with Crippen molar-refractivity contribution in [2.45, 2.75) is 0 Å². The Kier molecular flexibility index (Phi) is 7.27. The smallest absolute Gasteiger partial charge is 0.297 e. The number of amides is 1. The lowest BCUT2D eigenvalue weighted by Crippen LogP contribution is -2.36. The zero-order valence-electron chi connectivity index (χ0n) is 16.3. The van der Waals surface area contributed by atoms with Crippen molar-refractivity contribution in [1.82, 2.24) is 10.0 Å². The number of nitrogens with zero attached hydrogens (tertiary/aromatic N) is 4. The number of nitrogens with two attached hydrogens (primary N) is 2. The van der Waals surface area contributed by atoms with Crippen LogP contribution in [0.2, 0.25) is 0 Å². The summed E-state index contributed by atoms with van der Waals surface area (Å²) >= 11 is 0. The van der Waals surface area contributed by atoms with E-state index in [0.29, 0.717) is 43.4 Å². The van der Waals surface area contributed by atoms with Crippen LogP contribution in [0.25, 0.3) is 0 Å². The summed E-state index contributed by atoms with van der Waals surface area (Å²) in [5, 5.41) is 12.5. The lowest BCUT2D eigenvalue weighted by molar-refractivity contribution is -0.185. The number of nitrogen functional groups attached to an aromatic ring is 1. The molecule has 30 heavy (non-hydrogen) atoms. The Hall–Kier alpha value is -3.54. The minimum Gasteiger partial charge on any atom is -0.423 e. The Labute approximate surface area is 173 Å². The number of azo groups is 1. The Morgan fingerprint density at radius 1 is 1.20 bits per heavy atom. The summed E-state index contributed by atoms with van der Waals surface area (Å²) in [5.41, 5.74) is 11.9. The first kappa shape index (κ1) is 21.2. The van der Waals surface area contributed by atoms with Gasteiger partial charge in [0.1, 0.15) is 17.2 Å². The number of hydrogen-bond acceptors (Lipinski definition) is 10. The van der Waals surface area contributed by atoms with Crippen molar-refractivity contribution in [3.8, 4) is 5.75 Å². The fourth-order valence-corrected chi connectivity index (χ4v) is 2.47. The van der Waals surface area contributed by atoms with Crippen LogP contribution < -0.4 is 21.5 Å². The third-order valence-corrected chi connectivity index (χ3v) is 3.91. The number of carbonyl (C=O) groups is 1. The number of nitrogens with one attached hydrogen (secondary N) is 1. The van der Waals surface area contributed by atoms with Crippen molar-refractivity contribution >= 4 is 28.9 Å². The molecule has 0 atom stereocenters. The number of carbonyl (C=O) groups excluding carboxylic acids is 1. The van der Waals surface area contributed by atoms with Gasteiger partial charge in [0.05, 0.1) is 32.8 Å². The van der Waals surface area contributed by atoms with E-state index in [1.807, 2.05) is 0 Å². The number of hydrogen-bond donors (Lipinski definition) is 3. The maximum absolute atomic E-state index is 11.3. The van der Waals surface area contributed by atoms with Gasteiger partial charge in [-0.15, -0.1) is 15.3 Å². The number of morpholine rings is 1. The Morgan fingerprint density at radius 2 is 1.93 bits per heavy atom. The molecule has 1 aliphatic rings. The first-order chi connectivity index (χ1) is 14.5. The second-order valence-corrected chi connectivity index (χ2v) is 6.13. The van der Waals surface area contributed by atoms with Crippen LogP contribution in [0.1, 0.15) is 0 Å². The van der Waals surface area contributed by atoms with Gasteiger partial charge in [0, 0.05) is 0 Å². The molecule has 158 valence electrons. The normalized spacial score (nSPS) is 14.4. The second-order valence-electron chi connectivity index (χ2n) is 6.13. The van der Waals surface area contributed by atoms with E-state index in [-0.39, 0.29) is 30.0 Å². The number of pyridine rings is 1. The van der Waals surface area contributed by atoms with Crippen molar-refractivity contribution in [3.63, 3.8) is 0 Å². The molecule has 1 fully saturated rings. The standard InChI is InChI=1S/C19H23N7O4/c1-13(30-26-8-10-28-11-9-26)29-16-5-3-2-4-14(16)24-25-15-6-7-17(23-19(15)21)22-18(27)12-20/h2-7H,1,8-12,20H2,(H3,21,22,23,27)/b25-24+. The van der Waals surface area contributed by atoms with Crippen LogP contribution in [-0.4, -0.2) is 48.8 Å². The first-order valence-electron chi connectivity index (χ1n) is 9.20. The monoisotopic (exact) mass is 413 g/mol. The molecular formula is C19H23N7O4. The average Bonchev–Trinajstić information content (AvgIpc) is 2.74. The molecule has 1 aromatic heterocycles. The topological polar surface area (TPSA) is 150 Å². The van der Waals surface area contributed by atoms with Crippen molar-refractivity contribution < 1.29 is 19.1 Å². The molecule has 1 amide bonds. The Morgan fingerprint density at radius 3 is 2.67 bits per heavy atom. The van der Waals surface area contributed by atoms with E-state index in [2.05, 4.69) is 27.1 Å². The molecule has 0 radical (unpaired) electrons. The molecule has 3 rings (SSSR count). The molecule has 0 unspecified atom stereocenters. The van der Waals surface area contributed by atoms with Crippen LogP contribution in [0.4, 0.5) is 23.0 Å². The van der Waals surface area contributed by atoms with Crippen LogP contribution in [0.15, 0.2) is 59.2 Å². The second kappa shape index (κ2) is 10.3. The Bertz CT molecular complexity index is 929. The lowest BCUT2D eigenvalue weighted by atomic mass is 10.3.